The van der Waals surface area contributed by atoms with E-state index in [1.54, 1.807) is 24.3 Å². The molecule has 0 bridgehead atoms. The molecule has 6 heteroatoms. The van der Waals surface area contributed by atoms with Crippen LogP contribution in [0.3, 0.4) is 0 Å². The highest BCUT2D eigenvalue weighted by molar-refractivity contribution is 6.08. The van der Waals surface area contributed by atoms with Gasteiger partial charge in [0, 0.05) is 10.9 Å². The molecule has 0 radical (unpaired) electrons. The average Bonchev–Trinajstić information content (AvgIpc) is 2.77. The Morgan fingerprint density at radius 2 is 1.34 bits per heavy atom. The van der Waals surface area contributed by atoms with E-state index in [9.17, 15) is 14.0 Å². The second-order valence-electron chi connectivity index (χ2n) is 6.33. The quantitative estimate of drug-likeness (QED) is 0.521. The van der Waals surface area contributed by atoms with Crippen molar-refractivity contribution in [1.29, 1.82) is 0 Å². The van der Waals surface area contributed by atoms with Gasteiger partial charge in [0.15, 0.2) is 0 Å². The van der Waals surface area contributed by atoms with Gasteiger partial charge in [-0.3, -0.25) is 20.4 Å². The van der Waals surface area contributed by atoms with E-state index >= 15 is 0 Å². The summed E-state index contributed by atoms with van der Waals surface area (Å²) in [7, 11) is 0. The number of para-hydroxylation sites is 1. The summed E-state index contributed by atoms with van der Waals surface area (Å²) in [6.07, 6.45) is 0. The molecule has 5 nitrogen and oxygen atoms in total. The highest BCUT2D eigenvalue weighted by Crippen LogP contribution is 2.24. The predicted octanol–water partition coefficient (Wildman–Crippen LogP) is 4.12. The third-order valence-corrected chi connectivity index (χ3v) is 4.44. The van der Waals surface area contributed by atoms with Crippen molar-refractivity contribution in [3.8, 4) is 11.3 Å². The summed E-state index contributed by atoms with van der Waals surface area (Å²) < 4.78 is 13.8. The van der Waals surface area contributed by atoms with Crippen LogP contribution in [-0.4, -0.2) is 16.8 Å². The third kappa shape index (κ3) is 3.82. The van der Waals surface area contributed by atoms with Gasteiger partial charge in [0.05, 0.1) is 22.3 Å². The minimum atomic E-state index is -0.738. The van der Waals surface area contributed by atoms with Gasteiger partial charge in [-0.05, 0) is 24.3 Å². The lowest BCUT2D eigenvalue weighted by molar-refractivity contribution is 0.0845. The van der Waals surface area contributed by atoms with Crippen LogP contribution in [0, 0.1) is 5.82 Å². The molecule has 0 unspecified atom stereocenters. The van der Waals surface area contributed by atoms with Crippen LogP contribution in [0.5, 0.6) is 0 Å². The summed E-state index contributed by atoms with van der Waals surface area (Å²) >= 11 is 0. The number of carbonyl (C=O) groups is 2. The van der Waals surface area contributed by atoms with Gasteiger partial charge < -0.3 is 0 Å². The Hall–Kier alpha value is -4.06. The SMILES string of the molecule is O=C(NNC(=O)c1cc(-c2ccccc2)nc2ccccc12)c1ccccc1F. The lowest BCUT2D eigenvalue weighted by Gasteiger charge is -2.11. The Balaban J connectivity index is 1.65. The first-order valence-electron chi connectivity index (χ1n) is 8.94. The molecule has 2 N–H and O–H groups in total. The zero-order valence-corrected chi connectivity index (χ0v) is 15.2. The Bertz CT molecular complexity index is 1210. The molecule has 1 heterocycles. The summed E-state index contributed by atoms with van der Waals surface area (Å²) in [6.45, 7) is 0. The maximum atomic E-state index is 13.8. The number of hydrogen-bond acceptors (Lipinski definition) is 3. The molecule has 0 spiro atoms. The van der Waals surface area contributed by atoms with Crippen molar-refractivity contribution >= 4 is 22.7 Å². The molecule has 0 atom stereocenters. The molecule has 1 aromatic heterocycles. The van der Waals surface area contributed by atoms with Gasteiger partial charge in [0.2, 0.25) is 0 Å². The summed E-state index contributed by atoms with van der Waals surface area (Å²) in [6, 6.07) is 23.9. The normalized spacial score (nSPS) is 10.5. The number of fused-ring (bicyclic) bond motifs is 1. The molecule has 4 rings (SSSR count). The number of nitrogens with zero attached hydrogens (tertiary/aromatic N) is 1. The highest BCUT2D eigenvalue weighted by Gasteiger charge is 2.16. The maximum Gasteiger partial charge on any atom is 0.272 e. The number of aromatic nitrogens is 1. The van der Waals surface area contributed by atoms with Crippen LogP contribution in [-0.2, 0) is 0 Å². The Labute approximate surface area is 166 Å². The number of rotatable bonds is 3. The van der Waals surface area contributed by atoms with Gasteiger partial charge in [-0.15, -0.1) is 0 Å². The minimum Gasteiger partial charge on any atom is -0.267 e. The minimum absolute atomic E-state index is 0.155. The predicted molar refractivity (Wildman–Crippen MR) is 109 cm³/mol. The fraction of sp³-hybridized carbons (Fsp3) is 0. The molecule has 3 aromatic carbocycles. The van der Waals surface area contributed by atoms with Crippen molar-refractivity contribution < 1.29 is 14.0 Å². The van der Waals surface area contributed by atoms with E-state index in [1.165, 1.54) is 18.2 Å². The first-order valence-corrected chi connectivity index (χ1v) is 8.94. The summed E-state index contributed by atoms with van der Waals surface area (Å²) in [5.41, 5.74) is 6.97. The van der Waals surface area contributed by atoms with E-state index in [1.807, 2.05) is 42.5 Å². The fourth-order valence-electron chi connectivity index (χ4n) is 3.01. The number of amides is 2. The molecule has 4 aromatic rings. The Kier molecular flexibility index (Phi) is 4.99. The molecule has 142 valence electrons. The summed E-state index contributed by atoms with van der Waals surface area (Å²) in [5.74, 6) is -1.93. The van der Waals surface area contributed by atoms with Gasteiger partial charge in [-0.25, -0.2) is 9.37 Å². The van der Waals surface area contributed by atoms with Crippen LogP contribution in [0.4, 0.5) is 4.39 Å². The van der Waals surface area contributed by atoms with Crippen molar-refractivity contribution in [3.63, 3.8) is 0 Å². The van der Waals surface area contributed by atoms with Crippen LogP contribution >= 0.6 is 0 Å². The fourth-order valence-corrected chi connectivity index (χ4v) is 3.01. The van der Waals surface area contributed by atoms with Crippen LogP contribution < -0.4 is 10.9 Å². The first-order chi connectivity index (χ1) is 14.1. The largest absolute Gasteiger partial charge is 0.272 e. The van der Waals surface area contributed by atoms with Crippen molar-refractivity contribution in [2.24, 2.45) is 0 Å². The zero-order chi connectivity index (χ0) is 20.2. The number of hydrogen-bond donors (Lipinski definition) is 2. The third-order valence-electron chi connectivity index (χ3n) is 4.44. The number of halogens is 1. The number of nitrogens with one attached hydrogen (secondary N) is 2. The lowest BCUT2D eigenvalue weighted by atomic mass is 10.0. The van der Waals surface area contributed by atoms with E-state index in [-0.39, 0.29) is 5.56 Å². The second-order valence-corrected chi connectivity index (χ2v) is 6.33. The molecular weight excluding hydrogens is 369 g/mol. The molecule has 0 fully saturated rings. The number of benzene rings is 3. The lowest BCUT2D eigenvalue weighted by Crippen LogP contribution is -2.42. The van der Waals surface area contributed by atoms with Crippen molar-refractivity contribution in [2.75, 3.05) is 0 Å². The molecule has 2 amide bonds. The van der Waals surface area contributed by atoms with Gasteiger partial charge in [-0.2, -0.15) is 0 Å². The molecule has 0 aliphatic rings. The van der Waals surface area contributed by atoms with Crippen molar-refractivity contribution in [1.82, 2.24) is 15.8 Å². The highest BCUT2D eigenvalue weighted by atomic mass is 19.1. The van der Waals surface area contributed by atoms with Gasteiger partial charge in [0.25, 0.3) is 11.8 Å². The summed E-state index contributed by atoms with van der Waals surface area (Å²) in [5, 5.41) is 0.643. The monoisotopic (exact) mass is 385 g/mol. The van der Waals surface area contributed by atoms with Crippen molar-refractivity contribution in [2.45, 2.75) is 0 Å². The zero-order valence-electron chi connectivity index (χ0n) is 15.2. The standard InChI is InChI=1S/C23H16FN3O2/c24-19-12-6-4-11-17(19)22(28)26-27-23(29)18-14-21(15-8-2-1-3-9-15)25-20-13-7-5-10-16(18)20/h1-14H,(H,26,28)(H,27,29). The molecule has 0 saturated carbocycles. The van der Waals surface area contributed by atoms with E-state index in [0.717, 1.165) is 5.56 Å². The molecule has 0 saturated heterocycles. The Morgan fingerprint density at radius 3 is 2.10 bits per heavy atom. The number of hydrazine groups is 1. The number of carbonyl (C=O) groups excluding carboxylic acids is 2. The van der Waals surface area contributed by atoms with Gasteiger partial charge in [0.1, 0.15) is 5.82 Å². The summed E-state index contributed by atoms with van der Waals surface area (Å²) in [4.78, 5) is 29.6. The maximum absolute atomic E-state index is 13.8. The van der Waals surface area contributed by atoms with Gasteiger partial charge in [-0.1, -0.05) is 60.7 Å². The van der Waals surface area contributed by atoms with Crippen LogP contribution in [0.1, 0.15) is 20.7 Å². The van der Waals surface area contributed by atoms with E-state index in [4.69, 9.17) is 0 Å². The van der Waals surface area contributed by atoms with Crippen LogP contribution in [0.2, 0.25) is 0 Å². The molecule has 29 heavy (non-hydrogen) atoms. The molecular formula is C23H16FN3O2. The average molecular weight is 385 g/mol. The second kappa shape index (κ2) is 7.90. The van der Waals surface area contributed by atoms with E-state index in [0.29, 0.717) is 22.2 Å². The van der Waals surface area contributed by atoms with Gasteiger partial charge >= 0.3 is 0 Å². The van der Waals surface area contributed by atoms with E-state index < -0.39 is 17.6 Å². The smallest absolute Gasteiger partial charge is 0.267 e. The van der Waals surface area contributed by atoms with Crippen molar-refractivity contribution in [3.05, 3.63) is 102 Å². The molecule has 0 aliphatic carbocycles. The first kappa shape index (κ1) is 18.3. The van der Waals surface area contributed by atoms with Crippen LogP contribution in [0.15, 0.2) is 84.9 Å². The molecule has 0 aliphatic heterocycles. The van der Waals surface area contributed by atoms with E-state index in [2.05, 4.69) is 15.8 Å². The Morgan fingerprint density at radius 1 is 0.724 bits per heavy atom. The topological polar surface area (TPSA) is 71.1 Å². The van der Waals surface area contributed by atoms with Crippen LogP contribution in [0.25, 0.3) is 22.2 Å². The number of pyridine rings is 1.